The molecule has 7 atom stereocenters. The lowest BCUT2D eigenvalue weighted by Crippen LogP contribution is -2.67. The summed E-state index contributed by atoms with van der Waals surface area (Å²) in [5.74, 6) is -1.55. The summed E-state index contributed by atoms with van der Waals surface area (Å²) in [6.45, 7) is 2.99. The molecule has 1 aliphatic carbocycles. The molecule has 2 heterocycles. The van der Waals surface area contributed by atoms with Crippen molar-refractivity contribution < 1.29 is 29.1 Å². The van der Waals surface area contributed by atoms with E-state index < -0.39 is 48.0 Å². The van der Waals surface area contributed by atoms with E-state index in [1.807, 2.05) is 17.0 Å². The van der Waals surface area contributed by atoms with E-state index in [-0.39, 0.29) is 30.8 Å². The molecular weight excluding hydrogens is 646 g/mol. The van der Waals surface area contributed by atoms with Crippen LogP contribution in [0.4, 0.5) is 0 Å². The third-order valence-corrected chi connectivity index (χ3v) is 9.18. The molecular formula is C31H42BrN7O6. The van der Waals surface area contributed by atoms with Gasteiger partial charge in [-0.2, -0.15) is 0 Å². The molecule has 1 aromatic heterocycles. The van der Waals surface area contributed by atoms with E-state index in [1.54, 1.807) is 24.7 Å². The molecule has 2 aliphatic rings. The monoisotopic (exact) mass is 687 g/mol. The standard InChI is InChI=1S/C31H42BrN7O6/c1-18(41)28(37-19(2)42)30(44)35-14-27(43)38-29-25-6-4-3-5-21(25)15-39(31(45)20-7-9-22(32)10-8-20)26(29)13-34-24(16-40)11-23-12-33-17-36-23/h7-10,12,16-18,21,24-26,28-29,34,41H,3-6,11,13-15H2,1-2H3,(H,33,36)(H,35,44)(H,37,42)(H,38,43)/t18-,21-,24+,25+,26-,28+,29?/m1/s1. The third-order valence-electron chi connectivity index (χ3n) is 8.65. The number of likely N-dealkylation sites (tertiary alicyclic amines) is 1. The van der Waals surface area contributed by atoms with Gasteiger partial charge in [0, 0.05) is 48.4 Å². The van der Waals surface area contributed by atoms with Crippen molar-refractivity contribution in [3.05, 3.63) is 52.5 Å². The Labute approximate surface area is 270 Å². The summed E-state index contributed by atoms with van der Waals surface area (Å²) in [5.41, 5.74) is 1.30. The Bertz CT molecular complexity index is 1320. The number of aldehydes is 1. The van der Waals surface area contributed by atoms with Crippen molar-refractivity contribution in [2.75, 3.05) is 19.6 Å². The van der Waals surface area contributed by atoms with Crippen molar-refractivity contribution in [3.63, 3.8) is 0 Å². The maximum absolute atomic E-state index is 14.0. The number of aromatic amines is 1. The second-order valence-corrected chi connectivity index (χ2v) is 12.8. The summed E-state index contributed by atoms with van der Waals surface area (Å²) < 4.78 is 0.847. The Morgan fingerprint density at radius 3 is 2.56 bits per heavy atom. The minimum Gasteiger partial charge on any atom is -0.391 e. The number of piperidine rings is 1. The van der Waals surface area contributed by atoms with Gasteiger partial charge in [-0.25, -0.2) is 4.98 Å². The number of halogens is 1. The second kappa shape index (κ2) is 16.1. The Balaban J connectivity index is 1.57. The van der Waals surface area contributed by atoms with Crippen LogP contribution in [0.25, 0.3) is 0 Å². The number of fused-ring (bicyclic) bond motifs is 1. The molecule has 2 fully saturated rings. The first-order chi connectivity index (χ1) is 21.6. The van der Waals surface area contributed by atoms with Gasteiger partial charge < -0.3 is 41.1 Å². The number of hydrogen-bond donors (Lipinski definition) is 6. The lowest BCUT2D eigenvalue weighted by Gasteiger charge is -2.51. The van der Waals surface area contributed by atoms with Crippen LogP contribution in [0.3, 0.4) is 0 Å². The van der Waals surface area contributed by atoms with E-state index in [2.05, 4.69) is 47.2 Å². The molecule has 0 radical (unpaired) electrons. The molecule has 4 amide bonds. The fraction of sp³-hybridized carbons (Fsp3) is 0.548. The lowest BCUT2D eigenvalue weighted by molar-refractivity contribution is -0.132. The predicted octanol–water partition coefficient (Wildman–Crippen LogP) is 0.689. The number of amides is 4. The van der Waals surface area contributed by atoms with Gasteiger partial charge in [-0.05, 0) is 55.9 Å². The quantitative estimate of drug-likeness (QED) is 0.166. The zero-order valence-electron chi connectivity index (χ0n) is 25.5. The van der Waals surface area contributed by atoms with E-state index in [9.17, 15) is 29.1 Å². The Hall–Kier alpha value is -3.62. The first-order valence-corrected chi connectivity index (χ1v) is 16.1. The Morgan fingerprint density at radius 2 is 1.91 bits per heavy atom. The zero-order valence-corrected chi connectivity index (χ0v) is 27.1. The number of aromatic nitrogens is 2. The molecule has 45 heavy (non-hydrogen) atoms. The molecule has 1 unspecified atom stereocenters. The largest absolute Gasteiger partial charge is 0.391 e. The van der Waals surface area contributed by atoms with Gasteiger partial charge in [-0.3, -0.25) is 19.2 Å². The molecule has 0 spiro atoms. The van der Waals surface area contributed by atoms with Crippen LogP contribution < -0.4 is 21.3 Å². The van der Waals surface area contributed by atoms with Crippen LogP contribution in [0.5, 0.6) is 0 Å². The van der Waals surface area contributed by atoms with E-state index in [4.69, 9.17) is 0 Å². The van der Waals surface area contributed by atoms with E-state index in [0.717, 1.165) is 42.1 Å². The van der Waals surface area contributed by atoms with Crippen molar-refractivity contribution in [2.45, 2.75) is 76.2 Å². The maximum atomic E-state index is 14.0. The number of aliphatic hydroxyl groups is 1. The highest BCUT2D eigenvalue weighted by molar-refractivity contribution is 9.10. The molecule has 13 nitrogen and oxygen atoms in total. The van der Waals surface area contributed by atoms with Crippen molar-refractivity contribution in [1.82, 2.24) is 36.1 Å². The first kappa shape index (κ1) is 34.3. The summed E-state index contributed by atoms with van der Waals surface area (Å²) in [6, 6.07) is 4.42. The van der Waals surface area contributed by atoms with Crippen molar-refractivity contribution in [2.24, 2.45) is 11.8 Å². The fourth-order valence-corrected chi connectivity index (χ4v) is 6.71. The number of H-pyrrole nitrogens is 1. The van der Waals surface area contributed by atoms with E-state index in [0.29, 0.717) is 18.5 Å². The van der Waals surface area contributed by atoms with Gasteiger partial charge >= 0.3 is 0 Å². The van der Waals surface area contributed by atoms with Crippen LogP contribution in [0.1, 0.15) is 55.6 Å². The molecule has 1 saturated carbocycles. The number of rotatable bonds is 13. The zero-order chi connectivity index (χ0) is 32.5. The van der Waals surface area contributed by atoms with Crippen LogP contribution >= 0.6 is 15.9 Å². The summed E-state index contributed by atoms with van der Waals surface area (Å²) in [4.78, 5) is 72.5. The number of aliphatic hydroxyl groups excluding tert-OH is 1. The fourth-order valence-electron chi connectivity index (χ4n) is 6.45. The van der Waals surface area contributed by atoms with Crippen LogP contribution in [0, 0.1) is 11.8 Å². The van der Waals surface area contributed by atoms with Gasteiger partial charge in [-0.15, -0.1) is 0 Å². The molecule has 6 N–H and O–H groups in total. The lowest BCUT2D eigenvalue weighted by atomic mass is 9.69. The SMILES string of the molecule is CC(=O)N[C@H](C(=O)NCC(=O)NC1[C@H]2CCCC[C@@H]2CN(C(=O)c2ccc(Br)cc2)[C@@H]1CN[C@H](C=O)Cc1cnc[nH]1)[C@@H](C)O. The minimum absolute atomic E-state index is 0.0889. The summed E-state index contributed by atoms with van der Waals surface area (Å²) >= 11 is 3.42. The highest BCUT2D eigenvalue weighted by Gasteiger charge is 2.46. The average molecular weight is 689 g/mol. The molecule has 14 heteroatoms. The van der Waals surface area contributed by atoms with Crippen LogP contribution in [0.2, 0.25) is 0 Å². The number of carbonyl (C=O) groups is 5. The summed E-state index contributed by atoms with van der Waals surface area (Å²) in [5, 5.41) is 21.3. The van der Waals surface area contributed by atoms with Crippen molar-refractivity contribution >= 4 is 45.8 Å². The molecule has 2 aromatic rings. The summed E-state index contributed by atoms with van der Waals surface area (Å²) in [6.07, 6.45) is 7.05. The van der Waals surface area contributed by atoms with Crippen molar-refractivity contribution in [1.29, 1.82) is 0 Å². The van der Waals surface area contributed by atoms with E-state index in [1.165, 1.54) is 13.8 Å². The van der Waals surface area contributed by atoms with Gasteiger partial charge in [0.15, 0.2) is 0 Å². The normalized spacial score (nSPS) is 23.2. The number of nitrogens with one attached hydrogen (secondary N) is 5. The molecule has 1 saturated heterocycles. The van der Waals surface area contributed by atoms with Gasteiger partial charge in [0.2, 0.25) is 17.7 Å². The van der Waals surface area contributed by atoms with Gasteiger partial charge in [0.05, 0.1) is 37.1 Å². The molecule has 4 rings (SSSR count). The number of hydrogen-bond acceptors (Lipinski definition) is 8. The molecule has 0 bridgehead atoms. The number of carbonyl (C=O) groups excluding carboxylic acids is 5. The molecule has 1 aromatic carbocycles. The van der Waals surface area contributed by atoms with Gasteiger partial charge in [0.1, 0.15) is 12.3 Å². The second-order valence-electron chi connectivity index (χ2n) is 11.9. The third kappa shape index (κ3) is 9.21. The van der Waals surface area contributed by atoms with Gasteiger partial charge in [0.25, 0.3) is 5.91 Å². The van der Waals surface area contributed by atoms with Crippen molar-refractivity contribution in [3.8, 4) is 0 Å². The number of imidazole rings is 1. The highest BCUT2D eigenvalue weighted by atomic mass is 79.9. The minimum atomic E-state index is -1.21. The predicted molar refractivity (Wildman–Crippen MR) is 169 cm³/mol. The summed E-state index contributed by atoms with van der Waals surface area (Å²) in [7, 11) is 0. The Morgan fingerprint density at radius 1 is 1.18 bits per heavy atom. The topological polar surface area (TPSA) is 186 Å². The maximum Gasteiger partial charge on any atom is 0.254 e. The molecule has 1 aliphatic heterocycles. The average Bonchev–Trinajstić information content (AvgIpc) is 3.54. The Kier molecular flexibility index (Phi) is 12.3. The number of nitrogens with zero attached hydrogens (tertiary/aromatic N) is 2. The van der Waals surface area contributed by atoms with E-state index >= 15 is 0 Å². The smallest absolute Gasteiger partial charge is 0.254 e. The van der Waals surface area contributed by atoms with Crippen LogP contribution in [-0.2, 0) is 25.6 Å². The first-order valence-electron chi connectivity index (χ1n) is 15.3. The number of benzene rings is 1. The van der Waals surface area contributed by atoms with Crippen LogP contribution in [-0.4, -0.2) is 99.8 Å². The van der Waals surface area contributed by atoms with Gasteiger partial charge in [-0.1, -0.05) is 28.8 Å². The van der Waals surface area contributed by atoms with Crippen LogP contribution in [0.15, 0.2) is 41.3 Å². The molecule has 244 valence electrons. The highest BCUT2D eigenvalue weighted by Crippen LogP contribution is 2.39.